The third kappa shape index (κ3) is 4.36. The van der Waals surface area contributed by atoms with Crippen molar-refractivity contribution in [1.29, 1.82) is 0 Å². The summed E-state index contributed by atoms with van der Waals surface area (Å²) in [5, 5.41) is 0. The fourth-order valence-electron chi connectivity index (χ4n) is 3.01. The van der Waals surface area contributed by atoms with Crippen molar-refractivity contribution in [2.75, 3.05) is 31.0 Å². The molecule has 0 bridgehead atoms. The van der Waals surface area contributed by atoms with Gasteiger partial charge in [0.05, 0.1) is 24.0 Å². The van der Waals surface area contributed by atoms with E-state index in [1.165, 1.54) is 44.1 Å². The van der Waals surface area contributed by atoms with Crippen LogP contribution in [0.1, 0.15) is 37.0 Å². The summed E-state index contributed by atoms with van der Waals surface area (Å²) in [4.78, 5) is 48.3. The highest BCUT2D eigenvalue weighted by Gasteiger charge is 2.49. The summed E-state index contributed by atoms with van der Waals surface area (Å²) in [7, 11) is 1.25. The van der Waals surface area contributed by atoms with Crippen LogP contribution in [0, 0.1) is 0 Å². The number of carbonyl (C=O) groups is 4. The molecule has 1 aromatic carbocycles. The molecule has 2 rings (SSSR count). The Bertz CT molecular complexity index is 757. The lowest BCUT2D eigenvalue weighted by atomic mass is 9.97. The Hall–Kier alpha value is -3.10. The van der Waals surface area contributed by atoms with Gasteiger partial charge in [-0.3, -0.25) is 19.3 Å². The van der Waals surface area contributed by atoms with Crippen LogP contribution in [-0.2, 0) is 28.6 Å². The second kappa shape index (κ2) is 8.07. The van der Waals surface area contributed by atoms with Crippen LogP contribution in [0.15, 0.2) is 18.2 Å². The van der Waals surface area contributed by atoms with Crippen molar-refractivity contribution in [3.05, 3.63) is 23.8 Å². The minimum Gasteiger partial charge on any atom is -0.465 e. The monoisotopic (exact) mass is 378 g/mol. The van der Waals surface area contributed by atoms with Crippen molar-refractivity contribution in [3.63, 3.8) is 0 Å². The molecule has 1 fully saturated rings. The molecule has 27 heavy (non-hydrogen) atoms. The quantitative estimate of drug-likeness (QED) is 0.442. The Morgan fingerprint density at radius 3 is 2.22 bits per heavy atom. The fraction of sp³-hybridized carbons (Fsp3) is 0.444. The largest absolute Gasteiger partial charge is 0.465 e. The molecule has 9 nitrogen and oxygen atoms in total. The van der Waals surface area contributed by atoms with Crippen molar-refractivity contribution in [3.8, 4) is 0 Å². The molecule has 0 aromatic heterocycles. The number of nitrogens with zero attached hydrogens (tertiary/aromatic N) is 1. The lowest BCUT2D eigenvalue weighted by Crippen LogP contribution is -2.54. The predicted octanol–water partition coefficient (Wildman–Crippen LogP) is 1.05. The second-order valence-corrected chi connectivity index (χ2v) is 6.28. The van der Waals surface area contributed by atoms with Gasteiger partial charge in [-0.15, -0.1) is 0 Å². The Balaban J connectivity index is 2.45. The zero-order valence-corrected chi connectivity index (χ0v) is 15.4. The second-order valence-electron chi connectivity index (χ2n) is 6.28. The van der Waals surface area contributed by atoms with E-state index in [-0.39, 0.29) is 36.8 Å². The highest BCUT2D eigenvalue weighted by molar-refractivity contribution is 6.01. The topological polar surface area (TPSA) is 125 Å². The maximum atomic E-state index is 12.6. The van der Waals surface area contributed by atoms with Crippen molar-refractivity contribution in [2.45, 2.75) is 32.2 Å². The number of hydrogen-bond acceptors (Lipinski definition) is 8. The Labute approximate surface area is 156 Å². The number of benzene rings is 1. The van der Waals surface area contributed by atoms with Gasteiger partial charge in [-0.1, -0.05) is 0 Å². The number of carbonyl (C=O) groups excluding carboxylic acids is 4. The molecule has 9 heteroatoms. The van der Waals surface area contributed by atoms with E-state index in [9.17, 15) is 19.2 Å². The summed E-state index contributed by atoms with van der Waals surface area (Å²) in [5.74, 6) is -1.87. The molecule has 0 unspecified atom stereocenters. The van der Waals surface area contributed by atoms with Crippen LogP contribution in [0.4, 0.5) is 11.4 Å². The zero-order chi connectivity index (χ0) is 20.2. The molecule has 1 aliphatic heterocycles. The van der Waals surface area contributed by atoms with Gasteiger partial charge in [0.1, 0.15) is 18.8 Å². The normalized spacial score (nSPS) is 15.4. The number of methoxy groups -OCH3 is 1. The first-order valence-corrected chi connectivity index (χ1v) is 8.28. The van der Waals surface area contributed by atoms with Crippen LogP contribution >= 0.6 is 0 Å². The molecule has 1 aliphatic rings. The molecule has 0 spiro atoms. The van der Waals surface area contributed by atoms with E-state index in [0.29, 0.717) is 12.1 Å². The maximum absolute atomic E-state index is 12.6. The number of hydrogen-bond donors (Lipinski definition) is 1. The summed E-state index contributed by atoms with van der Waals surface area (Å²) in [6.45, 7) is 2.19. The summed E-state index contributed by atoms with van der Waals surface area (Å²) < 4.78 is 14.9. The smallest absolute Gasteiger partial charge is 0.337 e. The number of anilines is 2. The number of esters is 3. The third-order valence-electron chi connectivity index (χ3n) is 4.31. The molecule has 1 saturated heterocycles. The van der Waals surface area contributed by atoms with Crippen LogP contribution in [-0.4, -0.2) is 49.7 Å². The zero-order valence-electron chi connectivity index (χ0n) is 15.4. The van der Waals surface area contributed by atoms with Crippen molar-refractivity contribution >= 4 is 35.2 Å². The predicted molar refractivity (Wildman–Crippen MR) is 94.9 cm³/mol. The van der Waals surface area contributed by atoms with Gasteiger partial charge in [-0.05, 0) is 24.6 Å². The van der Waals surface area contributed by atoms with E-state index < -0.39 is 23.4 Å². The fourth-order valence-corrected chi connectivity index (χ4v) is 3.01. The average Bonchev–Trinajstić information content (AvgIpc) is 2.94. The number of ether oxygens (including phenoxy) is 3. The first kappa shape index (κ1) is 20.2. The molecule has 0 aliphatic carbocycles. The number of nitrogen functional groups attached to an aromatic ring is 1. The molecule has 0 saturated carbocycles. The van der Waals surface area contributed by atoms with E-state index in [0.717, 1.165) is 0 Å². The molecule has 0 radical (unpaired) electrons. The highest BCUT2D eigenvalue weighted by Crippen LogP contribution is 2.39. The minimum atomic E-state index is -1.07. The summed E-state index contributed by atoms with van der Waals surface area (Å²) in [6.07, 6.45) is 0.477. The maximum Gasteiger partial charge on any atom is 0.337 e. The number of nitrogens with two attached hydrogens (primary N) is 1. The van der Waals surface area contributed by atoms with Gasteiger partial charge in [0, 0.05) is 20.3 Å². The van der Waals surface area contributed by atoms with E-state index in [2.05, 4.69) is 4.74 Å². The van der Waals surface area contributed by atoms with Gasteiger partial charge in [0.2, 0.25) is 5.91 Å². The lowest BCUT2D eigenvalue weighted by molar-refractivity contribution is -0.147. The van der Waals surface area contributed by atoms with Crippen molar-refractivity contribution in [1.82, 2.24) is 0 Å². The number of amides is 1. The minimum absolute atomic E-state index is 0.153. The SMILES string of the molecule is COC(=O)c1ccc(N2C(=O)CCC2(COC(C)=O)COC(C)=O)c(N)c1. The molecule has 2 N–H and O–H groups in total. The van der Waals surface area contributed by atoms with Crippen LogP contribution in [0.3, 0.4) is 0 Å². The van der Waals surface area contributed by atoms with Crippen LogP contribution < -0.4 is 10.6 Å². The van der Waals surface area contributed by atoms with Crippen molar-refractivity contribution < 1.29 is 33.4 Å². The van der Waals surface area contributed by atoms with Crippen molar-refractivity contribution in [2.24, 2.45) is 0 Å². The first-order chi connectivity index (χ1) is 12.7. The molecule has 1 amide bonds. The summed E-state index contributed by atoms with van der Waals surface area (Å²) in [5.41, 5.74) is 5.74. The highest BCUT2D eigenvalue weighted by atomic mass is 16.5. The average molecular weight is 378 g/mol. The van der Waals surface area contributed by atoms with E-state index in [1.807, 2.05) is 0 Å². The molecule has 0 atom stereocenters. The van der Waals surface area contributed by atoms with Gasteiger partial charge in [0.25, 0.3) is 0 Å². The lowest BCUT2D eigenvalue weighted by Gasteiger charge is -2.37. The van der Waals surface area contributed by atoms with Crippen LogP contribution in [0.25, 0.3) is 0 Å². The van der Waals surface area contributed by atoms with Gasteiger partial charge < -0.3 is 19.9 Å². The van der Waals surface area contributed by atoms with Gasteiger partial charge in [-0.2, -0.15) is 0 Å². The van der Waals surface area contributed by atoms with E-state index in [1.54, 1.807) is 0 Å². The molecule has 1 heterocycles. The standard InChI is InChI=1S/C18H22N2O7/c1-11(21)26-9-18(10-27-12(2)22)7-6-16(23)20(18)15-5-4-13(8-14(15)19)17(24)25-3/h4-5,8H,6-7,9-10,19H2,1-3H3. The van der Waals surface area contributed by atoms with E-state index >= 15 is 0 Å². The van der Waals surface area contributed by atoms with Gasteiger partial charge in [0.15, 0.2) is 0 Å². The van der Waals surface area contributed by atoms with Crippen LogP contribution in [0.5, 0.6) is 0 Å². The van der Waals surface area contributed by atoms with Gasteiger partial charge in [-0.25, -0.2) is 4.79 Å². The van der Waals surface area contributed by atoms with E-state index in [4.69, 9.17) is 15.2 Å². The Morgan fingerprint density at radius 1 is 1.15 bits per heavy atom. The molecular weight excluding hydrogens is 356 g/mol. The Kier molecular flexibility index (Phi) is 6.04. The molecule has 146 valence electrons. The molecular formula is C18H22N2O7. The van der Waals surface area contributed by atoms with Gasteiger partial charge >= 0.3 is 17.9 Å². The summed E-state index contributed by atoms with van der Waals surface area (Å²) >= 11 is 0. The Morgan fingerprint density at radius 2 is 1.74 bits per heavy atom. The van der Waals surface area contributed by atoms with Crippen LogP contribution in [0.2, 0.25) is 0 Å². The third-order valence-corrected chi connectivity index (χ3v) is 4.31. The number of rotatable bonds is 6. The summed E-state index contributed by atoms with van der Waals surface area (Å²) in [6, 6.07) is 4.39. The first-order valence-electron chi connectivity index (χ1n) is 8.28. The molecule has 1 aromatic rings.